The Morgan fingerprint density at radius 2 is 2.00 bits per heavy atom. The highest BCUT2D eigenvalue weighted by molar-refractivity contribution is 6.07. The van der Waals surface area contributed by atoms with Crippen molar-refractivity contribution in [1.82, 2.24) is 0 Å². The minimum atomic E-state index is 0.296. The molecule has 0 N–H and O–H groups in total. The molecule has 4 rings (SSSR count). The molecular formula is C18H18NO3+. The molecule has 0 radical (unpaired) electrons. The Morgan fingerprint density at radius 3 is 2.86 bits per heavy atom. The van der Waals surface area contributed by atoms with Crippen LogP contribution < -0.4 is 14.0 Å². The van der Waals surface area contributed by atoms with Crippen molar-refractivity contribution >= 4 is 21.7 Å². The summed E-state index contributed by atoms with van der Waals surface area (Å²) in [5.74, 6) is 1.67. The average Bonchev–Trinajstić information content (AvgIpc) is 3.02. The van der Waals surface area contributed by atoms with Gasteiger partial charge in [0.05, 0.1) is 17.4 Å². The zero-order valence-corrected chi connectivity index (χ0v) is 12.8. The molecule has 1 aliphatic heterocycles. The van der Waals surface area contributed by atoms with Crippen molar-refractivity contribution in [3.8, 4) is 11.5 Å². The monoisotopic (exact) mass is 296 g/mol. The number of pyridine rings is 1. The Kier molecular flexibility index (Phi) is 3.12. The summed E-state index contributed by atoms with van der Waals surface area (Å²) in [4.78, 5) is 0. The lowest BCUT2D eigenvalue weighted by Crippen LogP contribution is -2.28. The van der Waals surface area contributed by atoms with Gasteiger partial charge in [-0.1, -0.05) is 6.07 Å². The molecule has 0 saturated carbocycles. The summed E-state index contributed by atoms with van der Waals surface area (Å²) in [5.41, 5.74) is 2.48. The van der Waals surface area contributed by atoms with E-state index < -0.39 is 0 Å². The molecule has 2 heterocycles. The zero-order valence-electron chi connectivity index (χ0n) is 12.8. The lowest BCUT2D eigenvalue weighted by Gasteiger charge is -2.07. The van der Waals surface area contributed by atoms with E-state index in [0.29, 0.717) is 6.79 Å². The normalized spacial score (nSPS) is 13.2. The molecule has 1 aliphatic rings. The number of aryl methyl sites for hydroxylation is 1. The zero-order chi connectivity index (χ0) is 15.1. The van der Waals surface area contributed by atoms with Crippen molar-refractivity contribution in [3.05, 3.63) is 42.1 Å². The predicted molar refractivity (Wildman–Crippen MR) is 84.3 cm³/mol. The van der Waals surface area contributed by atoms with E-state index in [9.17, 15) is 0 Å². The Labute approximate surface area is 128 Å². The first-order valence-corrected chi connectivity index (χ1v) is 7.40. The fraction of sp³-hybridized carbons (Fsp3) is 0.278. The van der Waals surface area contributed by atoms with Gasteiger partial charge in [-0.15, -0.1) is 0 Å². The summed E-state index contributed by atoms with van der Waals surface area (Å²) in [6.07, 6.45) is 3.02. The Balaban J connectivity index is 2.00. The molecule has 0 bridgehead atoms. The van der Waals surface area contributed by atoms with Crippen LogP contribution in [0.15, 0.2) is 36.5 Å². The van der Waals surface area contributed by atoms with Gasteiger partial charge in [-0.05, 0) is 30.2 Å². The Bertz CT molecular complexity index is 873. The van der Waals surface area contributed by atoms with Crippen molar-refractivity contribution in [2.75, 3.05) is 20.5 Å². The van der Waals surface area contributed by atoms with Crippen molar-refractivity contribution < 1.29 is 18.8 Å². The topological polar surface area (TPSA) is 31.6 Å². The van der Waals surface area contributed by atoms with Gasteiger partial charge in [0.15, 0.2) is 17.7 Å². The molecular weight excluding hydrogens is 278 g/mol. The number of ether oxygens (including phenoxy) is 3. The average molecular weight is 296 g/mol. The summed E-state index contributed by atoms with van der Waals surface area (Å²) in [6.45, 7) is 1.03. The van der Waals surface area contributed by atoms with E-state index in [-0.39, 0.29) is 0 Å². The number of fused-ring (bicyclic) bond motifs is 5. The molecule has 0 unspecified atom stereocenters. The van der Waals surface area contributed by atoms with Crippen LogP contribution in [0.5, 0.6) is 11.5 Å². The summed E-state index contributed by atoms with van der Waals surface area (Å²) in [5, 5.41) is 3.51. The largest absolute Gasteiger partial charge is 0.454 e. The molecule has 4 nitrogen and oxygen atoms in total. The van der Waals surface area contributed by atoms with Gasteiger partial charge in [0, 0.05) is 18.6 Å². The van der Waals surface area contributed by atoms with Gasteiger partial charge in [-0.3, -0.25) is 0 Å². The molecule has 0 amide bonds. The molecule has 0 fully saturated rings. The maximum absolute atomic E-state index is 5.66. The van der Waals surface area contributed by atoms with E-state index in [2.05, 4.69) is 42.1 Å². The van der Waals surface area contributed by atoms with E-state index in [1.165, 1.54) is 21.9 Å². The van der Waals surface area contributed by atoms with Crippen LogP contribution in [0.2, 0.25) is 0 Å². The highest BCUT2D eigenvalue weighted by atomic mass is 16.7. The fourth-order valence-corrected chi connectivity index (χ4v) is 3.10. The molecule has 0 saturated heterocycles. The van der Waals surface area contributed by atoms with Crippen LogP contribution in [-0.4, -0.2) is 20.5 Å². The van der Waals surface area contributed by atoms with Gasteiger partial charge in [0.1, 0.15) is 7.05 Å². The van der Waals surface area contributed by atoms with Crippen molar-refractivity contribution in [2.45, 2.75) is 6.42 Å². The van der Waals surface area contributed by atoms with Crippen LogP contribution in [-0.2, 0) is 18.2 Å². The van der Waals surface area contributed by atoms with E-state index in [4.69, 9.17) is 14.2 Å². The van der Waals surface area contributed by atoms with Crippen LogP contribution in [0.4, 0.5) is 0 Å². The second-order valence-corrected chi connectivity index (χ2v) is 5.59. The first-order valence-electron chi connectivity index (χ1n) is 7.40. The molecule has 3 aromatic rings. The highest BCUT2D eigenvalue weighted by Gasteiger charge is 2.21. The SMILES string of the molecule is COCCc1ccc2c(c1)c1ccc3c(c1c[n+]2C)OCO3. The molecule has 0 atom stereocenters. The van der Waals surface area contributed by atoms with Crippen molar-refractivity contribution in [3.63, 3.8) is 0 Å². The number of nitrogens with zero attached hydrogens (tertiary/aromatic N) is 1. The second kappa shape index (κ2) is 5.14. The number of hydrogen-bond donors (Lipinski definition) is 0. The quantitative estimate of drug-likeness (QED) is 0.550. The molecule has 4 heteroatoms. The molecule has 0 spiro atoms. The van der Waals surface area contributed by atoms with Gasteiger partial charge in [-0.25, -0.2) is 4.57 Å². The van der Waals surface area contributed by atoms with Crippen molar-refractivity contribution in [2.24, 2.45) is 7.05 Å². The van der Waals surface area contributed by atoms with Gasteiger partial charge < -0.3 is 14.2 Å². The number of hydrogen-bond acceptors (Lipinski definition) is 3. The Morgan fingerprint density at radius 1 is 1.09 bits per heavy atom. The van der Waals surface area contributed by atoms with E-state index in [1.807, 2.05) is 6.07 Å². The van der Waals surface area contributed by atoms with Crippen LogP contribution in [0.3, 0.4) is 0 Å². The fourth-order valence-electron chi connectivity index (χ4n) is 3.10. The maximum Gasteiger partial charge on any atom is 0.231 e. The van der Waals surface area contributed by atoms with Crippen LogP contribution >= 0.6 is 0 Å². The van der Waals surface area contributed by atoms with E-state index in [1.54, 1.807) is 7.11 Å². The predicted octanol–water partition coefficient (Wildman–Crippen LogP) is 2.74. The second-order valence-electron chi connectivity index (χ2n) is 5.59. The molecule has 22 heavy (non-hydrogen) atoms. The minimum absolute atomic E-state index is 0.296. The van der Waals surface area contributed by atoms with E-state index >= 15 is 0 Å². The summed E-state index contributed by atoms with van der Waals surface area (Å²) in [7, 11) is 3.79. The molecule has 0 aliphatic carbocycles. The number of rotatable bonds is 3. The van der Waals surface area contributed by atoms with Crippen molar-refractivity contribution in [1.29, 1.82) is 0 Å². The van der Waals surface area contributed by atoms with Gasteiger partial charge in [0.25, 0.3) is 0 Å². The van der Waals surface area contributed by atoms with Gasteiger partial charge in [-0.2, -0.15) is 0 Å². The summed E-state index contributed by atoms with van der Waals surface area (Å²) >= 11 is 0. The molecule has 2 aromatic carbocycles. The minimum Gasteiger partial charge on any atom is -0.454 e. The smallest absolute Gasteiger partial charge is 0.231 e. The third-order valence-corrected chi connectivity index (χ3v) is 4.23. The summed E-state index contributed by atoms with van der Waals surface area (Å²) < 4.78 is 18.5. The van der Waals surface area contributed by atoms with E-state index in [0.717, 1.165) is 29.9 Å². The first kappa shape index (κ1) is 13.3. The number of benzene rings is 2. The van der Waals surface area contributed by atoms with Crippen LogP contribution in [0.25, 0.3) is 21.7 Å². The van der Waals surface area contributed by atoms with Gasteiger partial charge >= 0.3 is 0 Å². The number of methoxy groups -OCH3 is 1. The third kappa shape index (κ3) is 1.99. The molecule has 112 valence electrons. The van der Waals surface area contributed by atoms with Gasteiger partial charge in [0.2, 0.25) is 12.3 Å². The van der Waals surface area contributed by atoms with Crippen LogP contribution in [0, 0.1) is 0 Å². The maximum atomic E-state index is 5.66. The van der Waals surface area contributed by atoms with Crippen LogP contribution in [0.1, 0.15) is 5.56 Å². The highest BCUT2D eigenvalue weighted by Crippen LogP contribution is 2.40. The lowest BCUT2D eigenvalue weighted by atomic mass is 10.0. The third-order valence-electron chi connectivity index (χ3n) is 4.23. The lowest BCUT2D eigenvalue weighted by molar-refractivity contribution is -0.643. The number of aromatic nitrogens is 1. The standard InChI is InChI=1S/C18H18NO3/c1-19-10-15-13(4-6-17-18(15)22-11-21-17)14-9-12(7-8-20-2)3-5-16(14)19/h3-6,9-10H,7-8,11H2,1-2H3/q+1. The summed E-state index contributed by atoms with van der Waals surface area (Å²) in [6, 6.07) is 10.7. The molecule has 1 aromatic heterocycles. The first-order chi connectivity index (χ1) is 10.8. The Hall–Kier alpha value is -2.33.